The summed E-state index contributed by atoms with van der Waals surface area (Å²) >= 11 is 0. The van der Waals surface area contributed by atoms with Crippen molar-refractivity contribution in [1.82, 2.24) is 15.1 Å². The van der Waals surface area contributed by atoms with Gasteiger partial charge in [0.2, 0.25) is 0 Å². The molecule has 0 aliphatic rings. The fourth-order valence-electron chi connectivity index (χ4n) is 2.63. The molecular weight excluding hydrogens is 488 g/mol. The summed E-state index contributed by atoms with van der Waals surface area (Å²) in [6.07, 6.45) is -3.60. The van der Waals surface area contributed by atoms with Crippen LogP contribution in [0.15, 0.2) is 23.2 Å². The van der Waals surface area contributed by atoms with Gasteiger partial charge in [-0.2, -0.15) is 13.2 Å². The van der Waals surface area contributed by atoms with Crippen molar-refractivity contribution in [3.8, 4) is 11.5 Å². The number of hydrogen-bond acceptors (Lipinski definition) is 4. The minimum absolute atomic E-state index is 0. The van der Waals surface area contributed by atoms with Crippen molar-refractivity contribution >= 4 is 29.9 Å². The highest BCUT2D eigenvalue weighted by Crippen LogP contribution is 2.25. The number of alkyl halides is 3. The first-order valence-electron chi connectivity index (χ1n) is 8.58. The normalized spacial score (nSPS) is 11.8. The maximum Gasteiger partial charge on any atom is 0.401 e. The Morgan fingerprint density at radius 2 is 1.86 bits per heavy atom. The molecule has 6 nitrogen and oxygen atoms in total. The minimum Gasteiger partial charge on any atom is -0.497 e. The van der Waals surface area contributed by atoms with Gasteiger partial charge in [0.15, 0.2) is 5.96 Å². The van der Waals surface area contributed by atoms with Gasteiger partial charge in [-0.3, -0.25) is 9.89 Å². The fraction of sp³-hybridized carbons (Fsp3) is 0.611. The number of halogens is 4. The molecule has 10 heteroatoms. The lowest BCUT2D eigenvalue weighted by Crippen LogP contribution is -2.40. The largest absolute Gasteiger partial charge is 0.497 e. The number of ether oxygens (including phenoxy) is 2. The molecule has 1 rings (SSSR count). The summed E-state index contributed by atoms with van der Waals surface area (Å²) in [7, 11) is 8.21. The summed E-state index contributed by atoms with van der Waals surface area (Å²) in [6, 6.07) is 5.60. The summed E-state index contributed by atoms with van der Waals surface area (Å²) in [4.78, 5) is 7.40. The van der Waals surface area contributed by atoms with Gasteiger partial charge >= 0.3 is 6.18 Å². The van der Waals surface area contributed by atoms with Crippen LogP contribution in [-0.4, -0.2) is 76.9 Å². The lowest BCUT2D eigenvalue weighted by atomic mass is 10.2. The first-order chi connectivity index (χ1) is 12.7. The van der Waals surface area contributed by atoms with E-state index >= 15 is 0 Å². The van der Waals surface area contributed by atoms with E-state index in [0.717, 1.165) is 5.56 Å². The summed E-state index contributed by atoms with van der Waals surface area (Å²) < 4.78 is 47.6. The van der Waals surface area contributed by atoms with Crippen molar-refractivity contribution < 1.29 is 22.6 Å². The second kappa shape index (κ2) is 12.9. The molecule has 0 spiro atoms. The topological polar surface area (TPSA) is 49.3 Å². The van der Waals surface area contributed by atoms with Crippen LogP contribution in [0.3, 0.4) is 0 Å². The number of guanidine groups is 1. The second-order valence-corrected chi connectivity index (χ2v) is 6.21. The molecule has 1 aromatic carbocycles. The molecule has 0 amide bonds. The van der Waals surface area contributed by atoms with Gasteiger partial charge in [-0.25, -0.2) is 0 Å². The Balaban J connectivity index is 0.00000729. The average Bonchev–Trinajstić information content (AvgIpc) is 2.60. The predicted octanol–water partition coefficient (Wildman–Crippen LogP) is 3.21. The van der Waals surface area contributed by atoms with Gasteiger partial charge in [-0.05, 0) is 32.1 Å². The number of aliphatic imine (C=N–C) groups is 1. The van der Waals surface area contributed by atoms with Crippen molar-refractivity contribution in [2.75, 3.05) is 55.0 Å². The maximum atomic E-state index is 12.3. The summed E-state index contributed by atoms with van der Waals surface area (Å²) in [5, 5.41) is 3.17. The van der Waals surface area contributed by atoms with E-state index in [2.05, 4.69) is 10.3 Å². The van der Waals surface area contributed by atoms with Crippen molar-refractivity contribution in [3.05, 3.63) is 23.8 Å². The van der Waals surface area contributed by atoms with E-state index in [9.17, 15) is 13.2 Å². The molecule has 0 bridgehead atoms. The van der Waals surface area contributed by atoms with Crippen molar-refractivity contribution in [1.29, 1.82) is 0 Å². The zero-order chi connectivity index (χ0) is 20.4. The zero-order valence-electron chi connectivity index (χ0n) is 17.0. The third kappa shape index (κ3) is 9.67. The maximum absolute atomic E-state index is 12.3. The molecule has 0 unspecified atom stereocenters. The van der Waals surface area contributed by atoms with Gasteiger partial charge in [0.05, 0.1) is 20.8 Å². The average molecular weight is 518 g/mol. The SMILES string of the molecule is CN=C(NCCCN(C)CC(F)(F)F)N(C)Cc1ccc(OC)cc1OC.I. The minimum atomic E-state index is -4.17. The van der Waals surface area contributed by atoms with E-state index in [1.54, 1.807) is 21.3 Å². The van der Waals surface area contributed by atoms with E-state index in [0.29, 0.717) is 43.5 Å². The summed E-state index contributed by atoms with van der Waals surface area (Å²) in [5.74, 6) is 2.08. The molecule has 0 radical (unpaired) electrons. The van der Waals surface area contributed by atoms with Gasteiger partial charge in [0.25, 0.3) is 0 Å². The van der Waals surface area contributed by atoms with Gasteiger partial charge in [-0.1, -0.05) is 0 Å². The third-order valence-corrected chi connectivity index (χ3v) is 3.92. The number of methoxy groups -OCH3 is 2. The molecule has 28 heavy (non-hydrogen) atoms. The molecule has 0 atom stereocenters. The standard InChI is InChI=1S/C18H29F3N4O2.HI/c1-22-17(23-9-6-10-24(2)13-18(19,20)21)25(3)12-14-7-8-15(26-4)11-16(14)27-5;/h7-8,11H,6,9-10,12-13H2,1-5H3,(H,22,23);1H. The van der Waals surface area contributed by atoms with Gasteiger partial charge in [-0.15, -0.1) is 24.0 Å². The van der Waals surface area contributed by atoms with Crippen LogP contribution in [0, 0.1) is 0 Å². The van der Waals surface area contributed by atoms with Crippen molar-refractivity contribution in [2.24, 2.45) is 4.99 Å². The number of benzene rings is 1. The Hall–Kier alpha value is -1.43. The molecule has 0 saturated heterocycles. The monoisotopic (exact) mass is 518 g/mol. The Bertz CT molecular complexity index is 615. The van der Waals surface area contributed by atoms with Gasteiger partial charge in [0.1, 0.15) is 11.5 Å². The molecule has 162 valence electrons. The molecule has 0 aliphatic carbocycles. The second-order valence-electron chi connectivity index (χ2n) is 6.21. The van der Waals surface area contributed by atoms with E-state index in [4.69, 9.17) is 9.47 Å². The number of nitrogens with one attached hydrogen (secondary N) is 1. The molecule has 1 aromatic rings. The first-order valence-corrected chi connectivity index (χ1v) is 8.58. The van der Waals surface area contributed by atoms with Crippen molar-refractivity contribution in [3.63, 3.8) is 0 Å². The smallest absolute Gasteiger partial charge is 0.401 e. The Labute approximate surface area is 182 Å². The molecule has 0 fully saturated rings. The van der Waals surface area contributed by atoms with Crippen LogP contribution in [0.1, 0.15) is 12.0 Å². The molecule has 1 N–H and O–H groups in total. The zero-order valence-corrected chi connectivity index (χ0v) is 19.3. The first kappa shape index (κ1) is 26.6. The molecular formula is C18H30F3IN4O2. The summed E-state index contributed by atoms with van der Waals surface area (Å²) in [5.41, 5.74) is 0.966. The highest BCUT2D eigenvalue weighted by Gasteiger charge is 2.28. The van der Waals surface area contributed by atoms with Crippen LogP contribution in [0.2, 0.25) is 0 Å². The van der Waals surface area contributed by atoms with Crippen LogP contribution in [0.5, 0.6) is 11.5 Å². The molecule has 0 heterocycles. The number of rotatable bonds is 9. The summed E-state index contributed by atoms with van der Waals surface area (Å²) in [6.45, 7) is 0.526. The molecule has 0 saturated carbocycles. The highest BCUT2D eigenvalue weighted by molar-refractivity contribution is 14.0. The van der Waals surface area contributed by atoms with Crippen LogP contribution in [0.4, 0.5) is 13.2 Å². The van der Waals surface area contributed by atoms with Crippen molar-refractivity contribution in [2.45, 2.75) is 19.1 Å². The Morgan fingerprint density at radius 1 is 1.18 bits per heavy atom. The number of hydrogen-bond donors (Lipinski definition) is 1. The van der Waals surface area contributed by atoms with E-state index < -0.39 is 12.7 Å². The van der Waals surface area contributed by atoms with Gasteiger partial charge in [0, 0.05) is 38.8 Å². The van der Waals surface area contributed by atoms with Crippen LogP contribution < -0.4 is 14.8 Å². The lowest BCUT2D eigenvalue weighted by molar-refractivity contribution is -0.143. The van der Waals surface area contributed by atoms with Crippen LogP contribution in [-0.2, 0) is 6.54 Å². The lowest BCUT2D eigenvalue weighted by Gasteiger charge is -2.24. The van der Waals surface area contributed by atoms with Gasteiger partial charge < -0.3 is 19.7 Å². The Morgan fingerprint density at radius 3 is 2.39 bits per heavy atom. The molecule has 0 aliphatic heterocycles. The highest BCUT2D eigenvalue weighted by atomic mass is 127. The Kier molecular flexibility index (Phi) is 12.3. The van der Waals surface area contributed by atoms with E-state index in [1.807, 2.05) is 30.1 Å². The third-order valence-electron chi connectivity index (χ3n) is 3.92. The number of nitrogens with zero attached hydrogens (tertiary/aromatic N) is 3. The predicted molar refractivity (Wildman–Crippen MR) is 116 cm³/mol. The molecule has 0 aromatic heterocycles. The quantitative estimate of drug-likeness (QED) is 0.236. The van der Waals surface area contributed by atoms with Crippen LogP contribution >= 0.6 is 24.0 Å². The van der Waals surface area contributed by atoms with E-state index in [1.165, 1.54) is 11.9 Å². The van der Waals surface area contributed by atoms with E-state index in [-0.39, 0.29) is 24.0 Å². The van der Waals surface area contributed by atoms with Crippen LogP contribution in [0.25, 0.3) is 0 Å². The fourth-order valence-corrected chi connectivity index (χ4v) is 2.63.